The minimum absolute atomic E-state index is 0.101. The second-order valence-corrected chi connectivity index (χ2v) is 7.74. The molecule has 0 aliphatic carbocycles. The van der Waals surface area contributed by atoms with Crippen LogP contribution in [0.2, 0.25) is 0 Å². The first-order chi connectivity index (χ1) is 11.9. The van der Waals surface area contributed by atoms with Crippen LogP contribution < -0.4 is 9.46 Å². The third-order valence-corrected chi connectivity index (χ3v) is 5.46. The Morgan fingerprint density at radius 2 is 1.80 bits per heavy atom. The highest BCUT2D eigenvalue weighted by atomic mass is 32.2. The van der Waals surface area contributed by atoms with Crippen LogP contribution in [0.5, 0.6) is 5.75 Å². The molecular weight excluding hydrogens is 369 g/mol. The zero-order valence-electron chi connectivity index (χ0n) is 13.0. The molecule has 2 aromatic carbocycles. The van der Waals surface area contributed by atoms with Gasteiger partial charge in [0, 0.05) is 17.2 Å². The van der Waals surface area contributed by atoms with Gasteiger partial charge in [-0.15, -0.1) is 11.8 Å². The van der Waals surface area contributed by atoms with Gasteiger partial charge in [-0.05, 0) is 36.4 Å². The van der Waals surface area contributed by atoms with E-state index in [9.17, 15) is 17.6 Å². The Bertz CT molecular complexity index is 797. The summed E-state index contributed by atoms with van der Waals surface area (Å²) >= 11 is 1.40. The van der Waals surface area contributed by atoms with Gasteiger partial charge in [0.15, 0.2) is 0 Å². The van der Waals surface area contributed by atoms with Gasteiger partial charge in [-0.1, -0.05) is 18.2 Å². The molecule has 0 aliphatic heterocycles. The number of rotatable bonds is 9. The number of alkyl halides is 1. The number of aliphatic carboxylic acids is 1. The van der Waals surface area contributed by atoms with E-state index in [1.165, 1.54) is 36.0 Å². The summed E-state index contributed by atoms with van der Waals surface area (Å²) < 4.78 is 44.1. The summed E-state index contributed by atoms with van der Waals surface area (Å²) in [4.78, 5) is 11.4. The van der Waals surface area contributed by atoms with Crippen LogP contribution in [-0.4, -0.2) is 38.1 Å². The lowest BCUT2D eigenvalue weighted by Gasteiger charge is -2.08. The van der Waals surface area contributed by atoms with Crippen molar-refractivity contribution in [1.29, 1.82) is 0 Å². The Labute approximate surface area is 149 Å². The first kappa shape index (κ1) is 19.2. The Kier molecular flexibility index (Phi) is 6.80. The third kappa shape index (κ3) is 6.04. The van der Waals surface area contributed by atoms with E-state index >= 15 is 0 Å². The summed E-state index contributed by atoms with van der Waals surface area (Å²) in [7, 11) is -3.52. The number of carbonyl (C=O) groups is 1. The standard InChI is InChI=1S/C16H16FNO5S2/c17-15(16(19)20)23-12-6-8-13(9-7-12)24-11-10-18-25(21,22)14-4-2-1-3-5-14/h1-9,15,18H,10-11H2,(H,19,20). The second kappa shape index (κ2) is 8.84. The lowest BCUT2D eigenvalue weighted by atomic mass is 10.3. The minimum atomic E-state index is -3.52. The predicted molar refractivity (Wildman–Crippen MR) is 92.0 cm³/mol. The highest BCUT2D eigenvalue weighted by Gasteiger charge is 2.17. The van der Waals surface area contributed by atoms with Gasteiger partial charge in [0.05, 0.1) is 4.90 Å². The molecule has 0 heterocycles. The van der Waals surface area contributed by atoms with Crippen LogP contribution in [0.3, 0.4) is 0 Å². The van der Waals surface area contributed by atoms with E-state index in [-0.39, 0.29) is 17.2 Å². The summed E-state index contributed by atoms with van der Waals surface area (Å²) in [6, 6.07) is 14.3. The first-order valence-electron chi connectivity index (χ1n) is 7.19. The van der Waals surface area contributed by atoms with Crippen molar-refractivity contribution in [3.8, 4) is 5.75 Å². The molecule has 2 N–H and O–H groups in total. The molecule has 1 unspecified atom stereocenters. The van der Waals surface area contributed by atoms with Crippen molar-refractivity contribution >= 4 is 27.8 Å². The lowest BCUT2D eigenvalue weighted by Crippen LogP contribution is -2.25. The molecule has 2 aromatic rings. The van der Waals surface area contributed by atoms with Crippen LogP contribution in [0.25, 0.3) is 0 Å². The Morgan fingerprint density at radius 3 is 2.40 bits per heavy atom. The van der Waals surface area contributed by atoms with Crippen molar-refractivity contribution in [2.24, 2.45) is 0 Å². The van der Waals surface area contributed by atoms with Crippen LogP contribution in [0, 0.1) is 0 Å². The number of carboxylic acid groups (broad SMARTS) is 1. The molecule has 0 radical (unpaired) electrons. The summed E-state index contributed by atoms with van der Waals surface area (Å²) in [6.45, 7) is 0.242. The van der Waals surface area contributed by atoms with Gasteiger partial charge < -0.3 is 9.84 Å². The molecule has 25 heavy (non-hydrogen) atoms. The van der Waals surface area contributed by atoms with Gasteiger partial charge in [-0.3, -0.25) is 0 Å². The maximum atomic E-state index is 12.9. The smallest absolute Gasteiger partial charge is 0.378 e. The van der Waals surface area contributed by atoms with Crippen LogP contribution in [0.4, 0.5) is 4.39 Å². The van der Waals surface area contributed by atoms with Gasteiger partial charge >= 0.3 is 12.3 Å². The van der Waals surface area contributed by atoms with Crippen molar-refractivity contribution in [2.75, 3.05) is 12.3 Å². The van der Waals surface area contributed by atoms with E-state index in [0.717, 1.165) is 4.90 Å². The average Bonchev–Trinajstić information content (AvgIpc) is 2.61. The van der Waals surface area contributed by atoms with E-state index < -0.39 is 22.4 Å². The molecule has 134 valence electrons. The number of nitrogens with one attached hydrogen (secondary N) is 1. The number of sulfonamides is 1. The quantitative estimate of drug-likeness (QED) is 0.509. The number of hydrogen-bond acceptors (Lipinski definition) is 5. The second-order valence-electron chi connectivity index (χ2n) is 4.80. The average molecular weight is 385 g/mol. The Hall–Kier alpha value is -2.10. The number of hydrogen-bond donors (Lipinski definition) is 2. The summed E-state index contributed by atoms with van der Waals surface area (Å²) in [5.41, 5.74) is 0. The highest BCUT2D eigenvalue weighted by molar-refractivity contribution is 7.99. The van der Waals surface area contributed by atoms with E-state index in [0.29, 0.717) is 5.75 Å². The van der Waals surface area contributed by atoms with E-state index in [1.54, 1.807) is 30.3 Å². The molecule has 0 fully saturated rings. The molecule has 0 saturated heterocycles. The van der Waals surface area contributed by atoms with Crippen LogP contribution in [0.1, 0.15) is 0 Å². The Balaban J connectivity index is 1.79. The zero-order valence-corrected chi connectivity index (χ0v) is 14.6. The molecule has 0 bridgehead atoms. The number of carboxylic acids is 1. The largest absolute Gasteiger partial charge is 0.476 e. The molecule has 2 rings (SSSR count). The van der Waals surface area contributed by atoms with E-state index in [1.807, 2.05) is 0 Å². The topological polar surface area (TPSA) is 92.7 Å². The van der Waals surface area contributed by atoms with Crippen molar-refractivity contribution in [3.63, 3.8) is 0 Å². The monoisotopic (exact) mass is 385 g/mol. The molecule has 6 nitrogen and oxygen atoms in total. The molecule has 0 saturated carbocycles. The van der Waals surface area contributed by atoms with Crippen LogP contribution in [0.15, 0.2) is 64.4 Å². The molecule has 0 aromatic heterocycles. The number of thioether (sulfide) groups is 1. The van der Waals surface area contributed by atoms with Crippen molar-refractivity contribution in [1.82, 2.24) is 4.72 Å². The SMILES string of the molecule is O=C(O)C(F)Oc1ccc(SCCNS(=O)(=O)c2ccccc2)cc1. The normalized spacial score (nSPS) is 12.5. The fourth-order valence-corrected chi connectivity index (χ4v) is 3.76. The third-order valence-electron chi connectivity index (χ3n) is 2.97. The number of halogens is 1. The summed E-state index contributed by atoms with van der Waals surface area (Å²) in [5.74, 6) is -1.10. The van der Waals surface area contributed by atoms with E-state index in [4.69, 9.17) is 5.11 Å². The number of ether oxygens (including phenoxy) is 1. The van der Waals surface area contributed by atoms with Crippen LogP contribution in [-0.2, 0) is 14.8 Å². The molecule has 1 atom stereocenters. The lowest BCUT2D eigenvalue weighted by molar-refractivity contribution is -0.153. The predicted octanol–water partition coefficient (Wildman–Crippen LogP) is 2.52. The van der Waals surface area contributed by atoms with Crippen molar-refractivity contribution in [2.45, 2.75) is 16.1 Å². The van der Waals surface area contributed by atoms with Gasteiger partial charge in [0.2, 0.25) is 10.0 Å². The highest BCUT2D eigenvalue weighted by Crippen LogP contribution is 2.22. The zero-order chi connectivity index (χ0) is 18.3. The molecular formula is C16H16FNO5S2. The van der Waals surface area contributed by atoms with Gasteiger partial charge in [0.25, 0.3) is 0 Å². The summed E-state index contributed by atoms with van der Waals surface area (Å²) in [6.07, 6.45) is -2.41. The Morgan fingerprint density at radius 1 is 1.16 bits per heavy atom. The van der Waals surface area contributed by atoms with Gasteiger partial charge in [0.1, 0.15) is 5.75 Å². The van der Waals surface area contributed by atoms with Gasteiger partial charge in [-0.25, -0.2) is 17.9 Å². The van der Waals surface area contributed by atoms with E-state index in [2.05, 4.69) is 9.46 Å². The fraction of sp³-hybridized carbons (Fsp3) is 0.188. The molecule has 9 heteroatoms. The van der Waals surface area contributed by atoms with Crippen molar-refractivity contribution in [3.05, 3.63) is 54.6 Å². The summed E-state index contributed by atoms with van der Waals surface area (Å²) in [5, 5.41) is 8.43. The van der Waals surface area contributed by atoms with Crippen LogP contribution >= 0.6 is 11.8 Å². The minimum Gasteiger partial charge on any atom is -0.476 e. The number of benzene rings is 2. The van der Waals surface area contributed by atoms with Gasteiger partial charge in [-0.2, -0.15) is 4.39 Å². The molecule has 0 spiro atoms. The van der Waals surface area contributed by atoms with Crippen molar-refractivity contribution < 1.29 is 27.4 Å². The molecule has 0 amide bonds. The fourth-order valence-electron chi connectivity index (χ4n) is 1.81. The molecule has 0 aliphatic rings. The maximum Gasteiger partial charge on any atom is 0.378 e. The maximum absolute atomic E-state index is 12.9. The first-order valence-corrected chi connectivity index (χ1v) is 9.66.